The van der Waals surface area contributed by atoms with E-state index in [2.05, 4.69) is 31.1 Å². The molecule has 17 heavy (non-hydrogen) atoms. The van der Waals surface area contributed by atoms with Crippen molar-refractivity contribution < 1.29 is 0 Å². The zero-order chi connectivity index (χ0) is 12.3. The van der Waals surface area contributed by atoms with Gasteiger partial charge in [0.15, 0.2) is 5.96 Å². The lowest BCUT2D eigenvalue weighted by atomic mass is 9.93. The highest BCUT2D eigenvalue weighted by Crippen LogP contribution is 2.23. The van der Waals surface area contributed by atoms with Crippen molar-refractivity contribution in [3.63, 3.8) is 0 Å². The molecule has 2 rings (SSSR count). The van der Waals surface area contributed by atoms with Crippen LogP contribution in [-0.2, 0) is 0 Å². The summed E-state index contributed by atoms with van der Waals surface area (Å²) >= 11 is 0. The maximum Gasteiger partial charge on any atom is 0.193 e. The topological polar surface area (TPSA) is 27.6 Å². The van der Waals surface area contributed by atoms with Gasteiger partial charge in [0, 0.05) is 31.6 Å². The van der Waals surface area contributed by atoms with Crippen LogP contribution in [0.2, 0.25) is 0 Å². The average Bonchev–Trinajstić information content (AvgIpc) is 2.56. The van der Waals surface area contributed by atoms with Crippen molar-refractivity contribution in [1.82, 2.24) is 10.2 Å². The molecule has 1 aliphatic heterocycles. The van der Waals surface area contributed by atoms with E-state index in [9.17, 15) is 0 Å². The van der Waals surface area contributed by atoms with E-state index in [0.717, 1.165) is 19.0 Å². The molecule has 0 spiro atoms. The molecule has 3 nitrogen and oxygen atoms in total. The van der Waals surface area contributed by atoms with E-state index in [4.69, 9.17) is 4.99 Å². The molecule has 3 heteroatoms. The zero-order valence-electron chi connectivity index (χ0n) is 11.6. The van der Waals surface area contributed by atoms with Gasteiger partial charge in [0.25, 0.3) is 0 Å². The number of hydrogen-bond donors (Lipinski definition) is 1. The van der Waals surface area contributed by atoms with Crippen LogP contribution < -0.4 is 5.32 Å². The van der Waals surface area contributed by atoms with Gasteiger partial charge in [0.05, 0.1) is 0 Å². The number of nitrogens with zero attached hydrogens (tertiary/aromatic N) is 2. The molecule has 0 atom stereocenters. The van der Waals surface area contributed by atoms with E-state index in [1.54, 1.807) is 0 Å². The molecule has 2 aliphatic rings. The highest BCUT2D eigenvalue weighted by molar-refractivity contribution is 5.80. The smallest absolute Gasteiger partial charge is 0.193 e. The number of guanidine groups is 1. The minimum Gasteiger partial charge on any atom is -0.356 e. The molecule has 0 unspecified atom stereocenters. The van der Waals surface area contributed by atoms with E-state index in [1.807, 2.05) is 0 Å². The molecule has 1 N–H and O–H groups in total. The van der Waals surface area contributed by atoms with Crippen LogP contribution in [0.25, 0.3) is 0 Å². The van der Waals surface area contributed by atoms with E-state index >= 15 is 0 Å². The predicted octanol–water partition coefficient (Wildman–Crippen LogP) is 2.63. The molecule has 1 saturated carbocycles. The van der Waals surface area contributed by atoms with E-state index < -0.39 is 0 Å². The highest BCUT2D eigenvalue weighted by Gasteiger charge is 2.26. The first-order valence-corrected chi connectivity index (χ1v) is 7.10. The maximum absolute atomic E-state index is 4.72. The Morgan fingerprint density at radius 1 is 1.18 bits per heavy atom. The van der Waals surface area contributed by atoms with Crippen molar-refractivity contribution >= 4 is 5.96 Å². The quantitative estimate of drug-likeness (QED) is 0.710. The molecule has 1 heterocycles. The maximum atomic E-state index is 4.72. The van der Waals surface area contributed by atoms with E-state index in [0.29, 0.717) is 11.5 Å². The summed E-state index contributed by atoms with van der Waals surface area (Å²) in [7, 11) is 2.21. The van der Waals surface area contributed by atoms with Gasteiger partial charge in [-0.25, -0.2) is 0 Å². The second-order valence-corrected chi connectivity index (χ2v) is 6.41. The van der Waals surface area contributed by atoms with Crippen molar-refractivity contribution in [2.45, 2.75) is 58.4 Å². The van der Waals surface area contributed by atoms with Gasteiger partial charge in [-0.2, -0.15) is 0 Å². The molecule has 98 valence electrons. The largest absolute Gasteiger partial charge is 0.356 e. The molecule has 0 amide bonds. The number of rotatable bonds is 1. The van der Waals surface area contributed by atoms with E-state index in [1.165, 1.54) is 38.5 Å². The third-order valence-electron chi connectivity index (χ3n) is 4.09. The summed E-state index contributed by atoms with van der Waals surface area (Å²) in [4.78, 5) is 7.11. The Kier molecular flexibility index (Phi) is 3.95. The fourth-order valence-corrected chi connectivity index (χ4v) is 2.77. The molecule has 1 fully saturated rings. The van der Waals surface area contributed by atoms with Gasteiger partial charge < -0.3 is 10.2 Å². The second kappa shape index (κ2) is 5.28. The Balaban J connectivity index is 1.95. The molecule has 0 bridgehead atoms. The first kappa shape index (κ1) is 12.7. The van der Waals surface area contributed by atoms with Gasteiger partial charge >= 0.3 is 0 Å². The van der Waals surface area contributed by atoms with Gasteiger partial charge in [-0.1, -0.05) is 39.5 Å². The second-order valence-electron chi connectivity index (χ2n) is 6.41. The Morgan fingerprint density at radius 2 is 1.82 bits per heavy atom. The summed E-state index contributed by atoms with van der Waals surface area (Å²) in [5.74, 6) is 1.12. The molecule has 0 saturated heterocycles. The molecular weight excluding hydrogens is 210 g/mol. The minimum atomic E-state index is 0.313. The number of hydrogen-bond acceptors (Lipinski definition) is 3. The monoisotopic (exact) mass is 237 g/mol. The normalized spacial score (nSPS) is 25.7. The Hall–Kier alpha value is -0.730. The lowest BCUT2D eigenvalue weighted by Gasteiger charge is -2.36. The van der Waals surface area contributed by atoms with E-state index in [-0.39, 0.29) is 0 Å². The molecule has 1 aliphatic carbocycles. The lowest BCUT2D eigenvalue weighted by Crippen LogP contribution is -2.51. The minimum absolute atomic E-state index is 0.313. The van der Waals surface area contributed by atoms with Crippen LogP contribution in [0.15, 0.2) is 4.99 Å². The van der Waals surface area contributed by atoms with Crippen LogP contribution in [0.3, 0.4) is 0 Å². The summed E-state index contributed by atoms with van der Waals surface area (Å²) in [5.41, 5.74) is 0.313. The fourth-order valence-electron chi connectivity index (χ4n) is 2.77. The molecule has 0 aromatic heterocycles. The van der Waals surface area contributed by atoms with Gasteiger partial charge in [0.2, 0.25) is 0 Å². The predicted molar refractivity (Wildman–Crippen MR) is 73.3 cm³/mol. The van der Waals surface area contributed by atoms with Gasteiger partial charge in [-0.15, -0.1) is 0 Å². The van der Waals surface area contributed by atoms with Crippen molar-refractivity contribution in [3.8, 4) is 0 Å². The summed E-state index contributed by atoms with van der Waals surface area (Å²) in [6, 6.07) is 0.699. The Morgan fingerprint density at radius 3 is 2.35 bits per heavy atom. The van der Waals surface area contributed by atoms with Crippen molar-refractivity contribution in [2.24, 2.45) is 10.4 Å². The van der Waals surface area contributed by atoms with Crippen LogP contribution in [0, 0.1) is 5.41 Å². The molecule has 0 radical (unpaired) electrons. The van der Waals surface area contributed by atoms with Crippen LogP contribution in [0.4, 0.5) is 0 Å². The van der Waals surface area contributed by atoms with Crippen LogP contribution in [-0.4, -0.2) is 37.0 Å². The Bertz CT molecular complexity index is 275. The molecule has 0 aromatic carbocycles. The number of nitrogens with one attached hydrogen (secondary N) is 1. The summed E-state index contributed by atoms with van der Waals surface area (Å²) in [6.07, 6.45) is 8.26. The molecule has 0 aromatic rings. The Labute approximate surface area is 106 Å². The summed E-state index contributed by atoms with van der Waals surface area (Å²) in [6.45, 7) is 6.53. The standard InChI is InChI=1S/C14H27N3/c1-14(2)10-15-13(16-11-14)17(3)12-8-6-4-5-7-9-12/h12H,4-11H2,1-3H3,(H,15,16). The molecular formula is C14H27N3. The lowest BCUT2D eigenvalue weighted by molar-refractivity contribution is 0.291. The summed E-state index contributed by atoms with van der Waals surface area (Å²) in [5, 5.41) is 3.50. The fraction of sp³-hybridized carbons (Fsp3) is 0.929. The highest BCUT2D eigenvalue weighted by atomic mass is 15.3. The summed E-state index contributed by atoms with van der Waals surface area (Å²) < 4.78 is 0. The third kappa shape index (κ3) is 3.36. The third-order valence-corrected chi connectivity index (χ3v) is 4.09. The average molecular weight is 237 g/mol. The van der Waals surface area contributed by atoms with Crippen molar-refractivity contribution in [3.05, 3.63) is 0 Å². The van der Waals surface area contributed by atoms with Crippen LogP contribution in [0.5, 0.6) is 0 Å². The van der Waals surface area contributed by atoms with Crippen molar-refractivity contribution in [2.75, 3.05) is 20.1 Å². The van der Waals surface area contributed by atoms with Gasteiger partial charge in [-0.3, -0.25) is 4.99 Å². The first-order valence-electron chi connectivity index (χ1n) is 7.10. The van der Waals surface area contributed by atoms with Crippen molar-refractivity contribution in [1.29, 1.82) is 0 Å². The number of aliphatic imine (C=N–C) groups is 1. The van der Waals surface area contributed by atoms with Gasteiger partial charge in [-0.05, 0) is 12.8 Å². The van der Waals surface area contributed by atoms with Crippen LogP contribution in [0.1, 0.15) is 52.4 Å². The van der Waals surface area contributed by atoms with Crippen LogP contribution >= 0.6 is 0 Å². The zero-order valence-corrected chi connectivity index (χ0v) is 11.6. The van der Waals surface area contributed by atoms with Gasteiger partial charge in [0.1, 0.15) is 0 Å². The first-order chi connectivity index (χ1) is 8.08. The SMILES string of the molecule is CN(C1=NCC(C)(C)CN1)C1CCCCCC1.